The van der Waals surface area contributed by atoms with Gasteiger partial charge in [-0.15, -0.1) is 0 Å². The molecule has 7 nitrogen and oxygen atoms in total. The number of nitrogens with zero attached hydrogens (tertiary/aromatic N) is 2. The van der Waals surface area contributed by atoms with Crippen molar-refractivity contribution >= 4 is 17.4 Å². The third-order valence-corrected chi connectivity index (χ3v) is 5.75. The van der Waals surface area contributed by atoms with Crippen molar-refractivity contribution in [2.75, 3.05) is 40.4 Å². The molecule has 2 aromatic carbocycles. The molecule has 4 rings (SSSR count). The molecule has 0 saturated carbocycles. The number of ether oxygens (including phenoxy) is 2. The number of aliphatic hydroxyl groups excluding tert-OH is 1. The zero-order chi connectivity index (χ0) is 22.8. The molecule has 168 valence electrons. The second-order valence-electron chi connectivity index (χ2n) is 8.42. The first-order valence-electron chi connectivity index (χ1n) is 10.8. The van der Waals surface area contributed by atoms with Crippen LogP contribution in [0.3, 0.4) is 0 Å². The third-order valence-electron chi connectivity index (χ3n) is 5.75. The van der Waals surface area contributed by atoms with Crippen molar-refractivity contribution in [3.05, 3.63) is 64.7 Å². The van der Waals surface area contributed by atoms with Gasteiger partial charge in [-0.2, -0.15) is 0 Å². The number of likely N-dealkylation sites (tertiary alicyclic amines) is 1. The Bertz CT molecular complexity index is 1060. The van der Waals surface area contributed by atoms with Crippen molar-refractivity contribution in [1.82, 2.24) is 9.80 Å². The van der Waals surface area contributed by atoms with E-state index in [4.69, 9.17) is 9.47 Å². The summed E-state index contributed by atoms with van der Waals surface area (Å²) in [5.74, 6) is -0.373. The fourth-order valence-electron chi connectivity index (χ4n) is 4.11. The number of aryl methyl sites for hydroxylation is 1. The maximum Gasteiger partial charge on any atom is 0.295 e. The van der Waals surface area contributed by atoms with E-state index in [0.29, 0.717) is 43.2 Å². The maximum atomic E-state index is 13.1. The lowest BCUT2D eigenvalue weighted by molar-refractivity contribution is -0.139. The molecule has 0 aromatic heterocycles. The molecular formula is C25H28N2O5. The van der Waals surface area contributed by atoms with E-state index in [1.54, 1.807) is 23.1 Å². The normalized spacial score (nSPS) is 19.6. The van der Waals surface area contributed by atoms with Gasteiger partial charge in [-0.3, -0.25) is 9.59 Å². The number of Topliss-reactive ketones (excluding diaryl/α,β-unsaturated/α-hetero) is 1. The Morgan fingerprint density at radius 2 is 1.75 bits per heavy atom. The first-order valence-corrected chi connectivity index (χ1v) is 10.8. The van der Waals surface area contributed by atoms with E-state index in [2.05, 4.69) is 0 Å². The zero-order valence-corrected chi connectivity index (χ0v) is 18.6. The summed E-state index contributed by atoms with van der Waals surface area (Å²) in [5, 5.41) is 11.2. The summed E-state index contributed by atoms with van der Waals surface area (Å²) in [7, 11) is 3.93. The quantitative estimate of drug-likeness (QED) is 0.426. The number of aliphatic hydroxyl groups is 1. The van der Waals surface area contributed by atoms with Crippen LogP contribution in [-0.4, -0.2) is 67.0 Å². The lowest BCUT2D eigenvalue weighted by Gasteiger charge is -2.26. The van der Waals surface area contributed by atoms with Gasteiger partial charge in [0.25, 0.3) is 11.7 Å². The first-order chi connectivity index (χ1) is 15.4. The molecule has 1 amide bonds. The van der Waals surface area contributed by atoms with Crippen LogP contribution in [0.25, 0.3) is 5.76 Å². The Morgan fingerprint density at radius 3 is 2.44 bits per heavy atom. The van der Waals surface area contributed by atoms with E-state index < -0.39 is 17.7 Å². The molecule has 2 heterocycles. The molecule has 0 unspecified atom stereocenters. The van der Waals surface area contributed by atoms with Crippen molar-refractivity contribution in [2.24, 2.45) is 0 Å². The molecule has 7 heteroatoms. The molecule has 1 atom stereocenters. The molecule has 0 aliphatic carbocycles. The minimum atomic E-state index is -0.673. The van der Waals surface area contributed by atoms with Crippen LogP contribution in [0.1, 0.15) is 29.2 Å². The largest absolute Gasteiger partial charge is 0.507 e. The van der Waals surface area contributed by atoms with E-state index >= 15 is 0 Å². The molecule has 1 fully saturated rings. The molecular weight excluding hydrogens is 408 g/mol. The topological polar surface area (TPSA) is 79.3 Å². The van der Waals surface area contributed by atoms with Crippen molar-refractivity contribution in [3.8, 4) is 11.5 Å². The lowest BCUT2D eigenvalue weighted by atomic mass is 9.94. The number of amides is 1. The van der Waals surface area contributed by atoms with E-state index in [9.17, 15) is 14.7 Å². The molecule has 1 saturated heterocycles. The van der Waals surface area contributed by atoms with Gasteiger partial charge in [0, 0.05) is 12.1 Å². The number of ketones is 1. The molecule has 0 bridgehead atoms. The average molecular weight is 437 g/mol. The summed E-state index contributed by atoms with van der Waals surface area (Å²) < 4.78 is 11.2. The van der Waals surface area contributed by atoms with Crippen LogP contribution >= 0.6 is 0 Å². The Labute approximate surface area is 187 Å². The molecule has 32 heavy (non-hydrogen) atoms. The van der Waals surface area contributed by atoms with Crippen LogP contribution in [0.4, 0.5) is 0 Å². The Kier molecular flexibility index (Phi) is 6.19. The zero-order valence-electron chi connectivity index (χ0n) is 18.6. The van der Waals surface area contributed by atoms with Gasteiger partial charge in [-0.05, 0) is 57.7 Å². The summed E-state index contributed by atoms with van der Waals surface area (Å²) >= 11 is 0. The van der Waals surface area contributed by atoms with Gasteiger partial charge in [0.05, 0.1) is 11.6 Å². The minimum absolute atomic E-state index is 0.0976. The maximum absolute atomic E-state index is 13.1. The second kappa shape index (κ2) is 9.04. The highest BCUT2D eigenvalue weighted by molar-refractivity contribution is 6.46. The predicted octanol–water partition coefficient (Wildman–Crippen LogP) is 3.14. The SMILES string of the molecule is Cc1ccc([C@@H]2/C(=C(\O)c3ccc4c(c3)OCCO4)C(=O)C(=O)N2CCCN(C)C)cc1. The van der Waals surface area contributed by atoms with Gasteiger partial charge < -0.3 is 24.4 Å². The monoisotopic (exact) mass is 436 g/mol. The fraction of sp³-hybridized carbons (Fsp3) is 0.360. The highest BCUT2D eigenvalue weighted by Crippen LogP contribution is 2.41. The van der Waals surface area contributed by atoms with Gasteiger partial charge in [0.1, 0.15) is 19.0 Å². The minimum Gasteiger partial charge on any atom is -0.507 e. The predicted molar refractivity (Wildman–Crippen MR) is 121 cm³/mol. The molecule has 2 aromatic rings. The summed E-state index contributed by atoms with van der Waals surface area (Å²) in [6.45, 7) is 4.05. The number of benzene rings is 2. The smallest absolute Gasteiger partial charge is 0.295 e. The third kappa shape index (κ3) is 4.21. The summed E-state index contributed by atoms with van der Waals surface area (Å²) in [5.41, 5.74) is 2.38. The summed E-state index contributed by atoms with van der Waals surface area (Å²) in [4.78, 5) is 29.7. The van der Waals surface area contributed by atoms with E-state index in [0.717, 1.165) is 17.7 Å². The molecule has 0 radical (unpaired) electrons. The van der Waals surface area contributed by atoms with Gasteiger partial charge in [0.15, 0.2) is 11.5 Å². The van der Waals surface area contributed by atoms with Crippen molar-refractivity contribution in [2.45, 2.75) is 19.4 Å². The number of hydrogen-bond donors (Lipinski definition) is 1. The van der Waals surface area contributed by atoms with Crippen molar-refractivity contribution < 1.29 is 24.2 Å². The Hall–Kier alpha value is -3.32. The van der Waals surface area contributed by atoms with Crippen LogP contribution in [0, 0.1) is 6.92 Å². The Balaban J connectivity index is 1.77. The van der Waals surface area contributed by atoms with Crippen LogP contribution in [0.15, 0.2) is 48.0 Å². The number of carbonyl (C=O) groups is 2. The fourth-order valence-corrected chi connectivity index (χ4v) is 4.11. The Morgan fingerprint density at radius 1 is 1.06 bits per heavy atom. The average Bonchev–Trinajstić information content (AvgIpc) is 3.03. The van der Waals surface area contributed by atoms with Crippen LogP contribution < -0.4 is 9.47 Å². The molecule has 2 aliphatic rings. The number of fused-ring (bicyclic) bond motifs is 1. The van der Waals surface area contributed by atoms with Gasteiger partial charge in [-0.25, -0.2) is 0 Å². The molecule has 1 N–H and O–H groups in total. The van der Waals surface area contributed by atoms with E-state index in [1.165, 1.54) is 0 Å². The van der Waals surface area contributed by atoms with Crippen molar-refractivity contribution in [3.63, 3.8) is 0 Å². The lowest BCUT2D eigenvalue weighted by Crippen LogP contribution is -2.32. The van der Waals surface area contributed by atoms with E-state index in [1.807, 2.05) is 50.2 Å². The number of carbonyl (C=O) groups excluding carboxylic acids is 2. The first kappa shape index (κ1) is 21.9. The second-order valence-corrected chi connectivity index (χ2v) is 8.42. The highest BCUT2D eigenvalue weighted by Gasteiger charge is 2.45. The highest BCUT2D eigenvalue weighted by atomic mass is 16.6. The van der Waals surface area contributed by atoms with Gasteiger partial charge in [-0.1, -0.05) is 29.8 Å². The van der Waals surface area contributed by atoms with Crippen molar-refractivity contribution in [1.29, 1.82) is 0 Å². The van der Waals surface area contributed by atoms with Crippen LogP contribution in [-0.2, 0) is 9.59 Å². The summed E-state index contributed by atoms with van der Waals surface area (Å²) in [6, 6.07) is 12.1. The molecule has 0 spiro atoms. The number of rotatable bonds is 6. The molecule has 2 aliphatic heterocycles. The van der Waals surface area contributed by atoms with E-state index in [-0.39, 0.29) is 11.3 Å². The van der Waals surface area contributed by atoms with Crippen LogP contribution in [0.2, 0.25) is 0 Å². The standard InChI is InChI=1S/C25H28N2O5/c1-16-5-7-17(8-6-16)22-21(24(29)25(30)27(22)12-4-11-26(2)3)23(28)18-9-10-19-20(15-18)32-14-13-31-19/h5-10,15,22,28H,4,11-14H2,1-3H3/b23-21+/t22-/m1/s1. The number of hydrogen-bond acceptors (Lipinski definition) is 6. The van der Waals surface area contributed by atoms with Crippen LogP contribution in [0.5, 0.6) is 11.5 Å². The summed E-state index contributed by atoms with van der Waals surface area (Å²) in [6.07, 6.45) is 0.715. The van der Waals surface area contributed by atoms with Gasteiger partial charge in [0.2, 0.25) is 0 Å². The van der Waals surface area contributed by atoms with Gasteiger partial charge >= 0.3 is 0 Å².